The van der Waals surface area contributed by atoms with Crippen LogP contribution in [0.25, 0.3) is 110 Å². The third-order valence-corrected chi connectivity index (χ3v) is 12.0. The molecule has 0 bridgehead atoms. The molecule has 0 atom stereocenters. The van der Waals surface area contributed by atoms with Gasteiger partial charge < -0.3 is 13.6 Å². The average Bonchev–Trinajstić information content (AvgIpc) is 3.96. The van der Waals surface area contributed by atoms with E-state index in [1.165, 1.54) is 32.9 Å². The summed E-state index contributed by atoms with van der Waals surface area (Å²) in [5, 5.41) is 16.8. The molecular formula is C55H33N3O. The Labute approximate surface area is 339 Å². The number of para-hydroxylation sites is 4. The minimum atomic E-state index is 0.628. The second kappa shape index (κ2) is 13.0. The Morgan fingerprint density at radius 2 is 0.864 bits per heavy atom. The number of nitriles is 1. The number of nitrogens with zero attached hydrogens (tertiary/aromatic N) is 3. The van der Waals surface area contributed by atoms with E-state index in [0.29, 0.717) is 5.56 Å². The molecule has 0 aliphatic rings. The SMILES string of the molecule is N#Cc1cccc(-n2c3ccc(-c4ccc(-c5ccc6c(c5)c5ccccc5n6-c5ccccc5)cc4)cc3c3cc(-c4cccc5c4oc4ccccc45)ccc32)c1. The molecule has 4 heteroatoms. The van der Waals surface area contributed by atoms with E-state index in [9.17, 15) is 5.26 Å². The van der Waals surface area contributed by atoms with Gasteiger partial charge >= 0.3 is 0 Å². The fourth-order valence-corrected chi connectivity index (χ4v) is 9.20. The molecule has 0 spiro atoms. The van der Waals surface area contributed by atoms with Gasteiger partial charge in [0.1, 0.15) is 11.2 Å². The molecule has 9 aromatic carbocycles. The van der Waals surface area contributed by atoms with Crippen LogP contribution in [0.3, 0.4) is 0 Å². The van der Waals surface area contributed by atoms with Gasteiger partial charge in [0.2, 0.25) is 0 Å². The van der Waals surface area contributed by atoms with Crippen LogP contribution in [-0.2, 0) is 0 Å². The fraction of sp³-hybridized carbons (Fsp3) is 0. The molecular weight excluding hydrogens is 719 g/mol. The molecule has 0 fully saturated rings. The average molecular weight is 752 g/mol. The Morgan fingerprint density at radius 1 is 0.356 bits per heavy atom. The summed E-state index contributed by atoms with van der Waals surface area (Å²) in [6.45, 7) is 0. The molecule has 0 unspecified atom stereocenters. The maximum Gasteiger partial charge on any atom is 0.143 e. The zero-order chi connectivity index (χ0) is 39.0. The lowest BCUT2D eigenvalue weighted by Gasteiger charge is -2.10. The first kappa shape index (κ1) is 33.1. The predicted molar refractivity (Wildman–Crippen MR) is 243 cm³/mol. The number of furan rings is 1. The Bertz CT molecular complexity index is 3670. The van der Waals surface area contributed by atoms with Gasteiger partial charge in [-0.05, 0) is 107 Å². The van der Waals surface area contributed by atoms with Crippen molar-refractivity contribution in [1.82, 2.24) is 9.13 Å². The highest BCUT2D eigenvalue weighted by molar-refractivity contribution is 6.14. The van der Waals surface area contributed by atoms with E-state index in [-0.39, 0.29) is 0 Å². The number of rotatable bonds is 5. The normalized spacial score (nSPS) is 11.7. The number of hydrogen-bond donors (Lipinski definition) is 0. The van der Waals surface area contributed by atoms with E-state index in [2.05, 4.69) is 185 Å². The van der Waals surface area contributed by atoms with Gasteiger partial charge in [-0.3, -0.25) is 0 Å². The Balaban J connectivity index is 0.984. The van der Waals surface area contributed by atoms with Gasteiger partial charge in [-0.25, -0.2) is 0 Å². The van der Waals surface area contributed by atoms with Gasteiger partial charge in [-0.15, -0.1) is 0 Å². The smallest absolute Gasteiger partial charge is 0.143 e. The molecule has 59 heavy (non-hydrogen) atoms. The zero-order valence-electron chi connectivity index (χ0n) is 31.8. The summed E-state index contributed by atoms with van der Waals surface area (Å²) in [5.74, 6) is 0. The lowest BCUT2D eigenvalue weighted by molar-refractivity contribution is 0.670. The van der Waals surface area contributed by atoms with Crippen molar-refractivity contribution in [3.8, 4) is 50.8 Å². The first-order chi connectivity index (χ1) is 29.2. The van der Waals surface area contributed by atoms with Crippen LogP contribution < -0.4 is 0 Å². The quantitative estimate of drug-likeness (QED) is 0.176. The van der Waals surface area contributed by atoms with Gasteiger partial charge in [0.05, 0.1) is 33.7 Å². The Hall–Kier alpha value is -8.13. The summed E-state index contributed by atoms with van der Waals surface area (Å²) in [6, 6.07) is 73.2. The van der Waals surface area contributed by atoms with E-state index >= 15 is 0 Å². The second-order valence-corrected chi connectivity index (χ2v) is 15.2. The van der Waals surface area contributed by atoms with Crippen molar-refractivity contribution in [3.63, 3.8) is 0 Å². The molecule has 0 N–H and O–H groups in total. The standard InChI is InChI=1S/C55H33N3O/c56-34-35-10-8-13-42(30-35)58-52-28-25-39(32-48(52)49-33-40(26-29-53(49)58)43-16-9-17-46-45-15-5-7-19-54(45)59-55(43)46)37-22-20-36(21-23-37)38-24-27-51-47(31-38)44-14-4-6-18-50(44)57(51)41-11-2-1-3-12-41/h1-33H. The van der Waals surface area contributed by atoms with Crippen molar-refractivity contribution in [1.29, 1.82) is 5.26 Å². The second-order valence-electron chi connectivity index (χ2n) is 15.2. The van der Waals surface area contributed by atoms with E-state index in [4.69, 9.17) is 4.42 Å². The van der Waals surface area contributed by atoms with E-state index < -0.39 is 0 Å². The summed E-state index contributed by atoms with van der Waals surface area (Å²) in [4.78, 5) is 0. The zero-order valence-corrected chi connectivity index (χ0v) is 31.8. The minimum Gasteiger partial charge on any atom is -0.455 e. The summed E-state index contributed by atoms with van der Waals surface area (Å²) in [7, 11) is 0. The van der Waals surface area contributed by atoms with Crippen LogP contribution in [0.2, 0.25) is 0 Å². The predicted octanol–water partition coefficient (Wildman–Crippen LogP) is 14.7. The summed E-state index contributed by atoms with van der Waals surface area (Å²) >= 11 is 0. The van der Waals surface area contributed by atoms with Crippen LogP contribution in [0, 0.1) is 11.3 Å². The van der Waals surface area contributed by atoms with Crippen molar-refractivity contribution in [3.05, 3.63) is 206 Å². The highest BCUT2D eigenvalue weighted by atomic mass is 16.3. The third-order valence-electron chi connectivity index (χ3n) is 12.0. The lowest BCUT2D eigenvalue weighted by Crippen LogP contribution is -1.94. The van der Waals surface area contributed by atoms with E-state index in [1.807, 2.05) is 30.3 Å². The summed E-state index contributed by atoms with van der Waals surface area (Å²) in [6.07, 6.45) is 0. The molecule has 12 aromatic rings. The molecule has 0 amide bonds. The van der Waals surface area contributed by atoms with Crippen molar-refractivity contribution in [2.45, 2.75) is 0 Å². The first-order valence-corrected chi connectivity index (χ1v) is 19.9. The van der Waals surface area contributed by atoms with Crippen molar-refractivity contribution < 1.29 is 4.42 Å². The van der Waals surface area contributed by atoms with Crippen LogP contribution in [0.5, 0.6) is 0 Å². The molecule has 0 aliphatic heterocycles. The highest BCUT2D eigenvalue weighted by Gasteiger charge is 2.18. The monoisotopic (exact) mass is 751 g/mol. The maximum absolute atomic E-state index is 9.81. The number of aromatic nitrogens is 2. The molecule has 3 aromatic heterocycles. The van der Waals surface area contributed by atoms with Crippen LogP contribution >= 0.6 is 0 Å². The molecule has 4 nitrogen and oxygen atoms in total. The van der Waals surface area contributed by atoms with E-state index in [0.717, 1.165) is 77.4 Å². The summed E-state index contributed by atoms with van der Waals surface area (Å²) in [5.41, 5.74) is 15.9. The molecule has 12 rings (SSSR count). The Kier molecular flexibility index (Phi) is 7.26. The molecule has 0 saturated carbocycles. The van der Waals surface area contributed by atoms with Crippen molar-refractivity contribution in [2.75, 3.05) is 0 Å². The minimum absolute atomic E-state index is 0.628. The largest absolute Gasteiger partial charge is 0.455 e. The van der Waals surface area contributed by atoms with Crippen molar-refractivity contribution in [2.24, 2.45) is 0 Å². The number of hydrogen-bond acceptors (Lipinski definition) is 2. The van der Waals surface area contributed by atoms with Gasteiger partial charge in [0.25, 0.3) is 0 Å². The number of fused-ring (bicyclic) bond motifs is 9. The molecule has 274 valence electrons. The molecule has 0 saturated heterocycles. The van der Waals surface area contributed by atoms with Gasteiger partial charge in [0.15, 0.2) is 0 Å². The Morgan fingerprint density at radius 3 is 1.58 bits per heavy atom. The van der Waals surface area contributed by atoms with Gasteiger partial charge in [-0.2, -0.15) is 5.26 Å². The van der Waals surface area contributed by atoms with Crippen LogP contribution in [0.4, 0.5) is 0 Å². The topological polar surface area (TPSA) is 46.8 Å². The van der Waals surface area contributed by atoms with E-state index in [1.54, 1.807) is 0 Å². The van der Waals surface area contributed by atoms with Crippen LogP contribution in [0.15, 0.2) is 205 Å². The fourth-order valence-electron chi connectivity index (χ4n) is 9.20. The van der Waals surface area contributed by atoms with Crippen molar-refractivity contribution >= 4 is 65.6 Å². The third kappa shape index (κ3) is 5.16. The number of benzene rings is 9. The van der Waals surface area contributed by atoms with Gasteiger partial charge in [0, 0.05) is 49.3 Å². The molecule has 3 heterocycles. The molecule has 0 aliphatic carbocycles. The lowest BCUT2D eigenvalue weighted by atomic mass is 9.97. The summed E-state index contributed by atoms with van der Waals surface area (Å²) < 4.78 is 11.1. The first-order valence-electron chi connectivity index (χ1n) is 19.9. The maximum atomic E-state index is 9.81. The van der Waals surface area contributed by atoms with Crippen LogP contribution in [0.1, 0.15) is 5.56 Å². The highest BCUT2D eigenvalue weighted by Crippen LogP contribution is 2.41. The molecule has 0 radical (unpaired) electrons. The van der Waals surface area contributed by atoms with Gasteiger partial charge in [-0.1, -0.05) is 121 Å². The van der Waals surface area contributed by atoms with Crippen LogP contribution in [-0.4, -0.2) is 9.13 Å².